The van der Waals surface area contributed by atoms with Crippen LogP contribution in [-0.4, -0.2) is 18.0 Å². The molecule has 0 aliphatic rings. The Balaban J connectivity index is 3.46. The first-order valence-electron chi connectivity index (χ1n) is 3.78. The number of carbonyl (C=O) groups excluding carboxylic acids is 1. The van der Waals surface area contributed by atoms with Crippen molar-refractivity contribution in [1.82, 2.24) is 4.98 Å². The van der Waals surface area contributed by atoms with E-state index in [4.69, 9.17) is 5.73 Å². The van der Waals surface area contributed by atoms with Crippen molar-refractivity contribution >= 4 is 5.91 Å². The number of methoxy groups -OCH3 is 1. The summed E-state index contributed by atoms with van der Waals surface area (Å²) in [4.78, 5) is 13.9. The average molecular weight is 220 g/mol. The number of carbonyl (C=O) groups is 1. The molecule has 0 radical (unpaired) electrons. The number of hydrogen-bond acceptors (Lipinski definition) is 3. The number of ether oxygens (including phenoxy) is 1. The SMILES string of the molecule is COc1ccnc(C(F)(F)F)c1C(N)=O. The maximum absolute atomic E-state index is 12.4. The molecule has 0 aromatic carbocycles. The summed E-state index contributed by atoms with van der Waals surface area (Å²) in [6.07, 6.45) is -3.84. The molecule has 0 atom stereocenters. The molecule has 1 amide bonds. The lowest BCUT2D eigenvalue weighted by Gasteiger charge is -2.12. The van der Waals surface area contributed by atoms with Gasteiger partial charge in [0.15, 0.2) is 5.69 Å². The molecule has 0 aliphatic heterocycles. The molecule has 82 valence electrons. The Morgan fingerprint density at radius 1 is 1.53 bits per heavy atom. The molecule has 0 aliphatic carbocycles. The van der Waals surface area contributed by atoms with Crippen molar-refractivity contribution in [2.24, 2.45) is 5.73 Å². The molecule has 1 aromatic heterocycles. The largest absolute Gasteiger partial charge is 0.496 e. The molecule has 0 bridgehead atoms. The average Bonchev–Trinajstić information content (AvgIpc) is 2.15. The number of pyridine rings is 1. The highest BCUT2D eigenvalue weighted by atomic mass is 19.4. The van der Waals surface area contributed by atoms with Crippen molar-refractivity contribution in [3.05, 3.63) is 23.5 Å². The van der Waals surface area contributed by atoms with E-state index in [0.717, 1.165) is 19.4 Å². The van der Waals surface area contributed by atoms with E-state index < -0.39 is 23.3 Å². The second kappa shape index (κ2) is 3.76. The number of rotatable bonds is 2. The van der Waals surface area contributed by atoms with Crippen LogP contribution in [0, 0.1) is 0 Å². The van der Waals surface area contributed by atoms with Gasteiger partial charge in [0.2, 0.25) is 0 Å². The monoisotopic (exact) mass is 220 g/mol. The number of nitrogens with zero attached hydrogens (tertiary/aromatic N) is 1. The Bertz CT molecular complexity index is 390. The zero-order valence-electron chi connectivity index (χ0n) is 7.63. The van der Waals surface area contributed by atoms with Gasteiger partial charge in [-0.15, -0.1) is 0 Å². The normalized spacial score (nSPS) is 11.2. The quantitative estimate of drug-likeness (QED) is 0.814. The second-order valence-corrected chi connectivity index (χ2v) is 2.60. The smallest absolute Gasteiger partial charge is 0.434 e. The van der Waals surface area contributed by atoms with Crippen LogP contribution >= 0.6 is 0 Å². The van der Waals surface area contributed by atoms with E-state index in [2.05, 4.69) is 9.72 Å². The minimum atomic E-state index is -4.74. The van der Waals surface area contributed by atoms with Crippen LogP contribution in [0.1, 0.15) is 16.1 Å². The van der Waals surface area contributed by atoms with Crippen molar-refractivity contribution in [3.63, 3.8) is 0 Å². The molecule has 4 nitrogen and oxygen atoms in total. The summed E-state index contributed by atoms with van der Waals surface area (Å²) in [5.41, 5.74) is 2.73. The lowest BCUT2D eigenvalue weighted by molar-refractivity contribution is -0.141. The van der Waals surface area contributed by atoms with Crippen LogP contribution in [0.2, 0.25) is 0 Å². The molecule has 0 saturated carbocycles. The topological polar surface area (TPSA) is 65.2 Å². The Morgan fingerprint density at radius 2 is 2.13 bits per heavy atom. The molecule has 0 saturated heterocycles. The Morgan fingerprint density at radius 3 is 2.53 bits per heavy atom. The zero-order valence-corrected chi connectivity index (χ0v) is 7.63. The van der Waals surface area contributed by atoms with E-state index in [1.807, 2.05) is 0 Å². The van der Waals surface area contributed by atoms with Crippen molar-refractivity contribution in [2.45, 2.75) is 6.18 Å². The van der Waals surface area contributed by atoms with Gasteiger partial charge in [0.1, 0.15) is 11.3 Å². The number of halogens is 3. The van der Waals surface area contributed by atoms with E-state index in [0.29, 0.717) is 0 Å². The predicted molar refractivity (Wildman–Crippen MR) is 44.3 cm³/mol. The number of alkyl halides is 3. The fourth-order valence-corrected chi connectivity index (χ4v) is 1.07. The third-order valence-corrected chi connectivity index (χ3v) is 1.65. The van der Waals surface area contributed by atoms with Crippen LogP contribution in [0.4, 0.5) is 13.2 Å². The van der Waals surface area contributed by atoms with Gasteiger partial charge in [-0.05, 0) is 6.07 Å². The van der Waals surface area contributed by atoms with Gasteiger partial charge in [0.05, 0.1) is 7.11 Å². The zero-order chi connectivity index (χ0) is 11.6. The van der Waals surface area contributed by atoms with E-state index in [-0.39, 0.29) is 5.75 Å². The van der Waals surface area contributed by atoms with Crippen LogP contribution in [0.25, 0.3) is 0 Å². The van der Waals surface area contributed by atoms with Crippen LogP contribution < -0.4 is 10.5 Å². The molecule has 1 rings (SSSR count). The van der Waals surface area contributed by atoms with Gasteiger partial charge in [0.25, 0.3) is 5.91 Å². The van der Waals surface area contributed by atoms with Crippen LogP contribution in [0.15, 0.2) is 12.3 Å². The minimum Gasteiger partial charge on any atom is -0.496 e. The molecule has 0 fully saturated rings. The van der Waals surface area contributed by atoms with Gasteiger partial charge in [-0.2, -0.15) is 13.2 Å². The van der Waals surface area contributed by atoms with E-state index in [9.17, 15) is 18.0 Å². The molecular weight excluding hydrogens is 213 g/mol. The molecule has 0 spiro atoms. The van der Waals surface area contributed by atoms with E-state index in [1.165, 1.54) is 0 Å². The molecule has 15 heavy (non-hydrogen) atoms. The Kier molecular flexibility index (Phi) is 2.83. The van der Waals surface area contributed by atoms with E-state index in [1.54, 1.807) is 0 Å². The Labute approximate surface area is 82.9 Å². The number of aromatic nitrogens is 1. The molecule has 7 heteroatoms. The maximum Gasteiger partial charge on any atom is 0.434 e. The van der Waals surface area contributed by atoms with E-state index >= 15 is 0 Å². The third-order valence-electron chi connectivity index (χ3n) is 1.65. The Hall–Kier alpha value is -1.79. The van der Waals surface area contributed by atoms with Gasteiger partial charge in [0, 0.05) is 6.20 Å². The maximum atomic E-state index is 12.4. The summed E-state index contributed by atoms with van der Waals surface area (Å²) in [6, 6.07) is 1.13. The highest BCUT2D eigenvalue weighted by molar-refractivity contribution is 5.96. The molecule has 1 heterocycles. The summed E-state index contributed by atoms with van der Waals surface area (Å²) in [7, 11) is 1.14. The first-order chi connectivity index (χ1) is 6.88. The standard InChI is InChI=1S/C8H7F3N2O2/c1-15-4-2-3-13-6(8(9,10)11)5(4)7(12)14/h2-3H,1H3,(H2,12,14). The second-order valence-electron chi connectivity index (χ2n) is 2.60. The van der Waals surface area contributed by atoms with Gasteiger partial charge in [-0.3, -0.25) is 9.78 Å². The highest BCUT2D eigenvalue weighted by Gasteiger charge is 2.38. The lowest BCUT2D eigenvalue weighted by Crippen LogP contribution is -2.21. The van der Waals surface area contributed by atoms with Gasteiger partial charge >= 0.3 is 6.18 Å². The summed E-state index contributed by atoms with van der Waals surface area (Å²) in [5, 5.41) is 0. The first kappa shape index (κ1) is 11.3. The molecule has 2 N–H and O–H groups in total. The molecule has 0 unspecified atom stereocenters. The first-order valence-corrected chi connectivity index (χ1v) is 3.78. The van der Waals surface area contributed by atoms with Crippen LogP contribution in [0.3, 0.4) is 0 Å². The number of primary amides is 1. The van der Waals surface area contributed by atoms with Crippen molar-refractivity contribution in [2.75, 3.05) is 7.11 Å². The number of amides is 1. The lowest BCUT2D eigenvalue weighted by atomic mass is 10.1. The summed E-state index contributed by atoms with van der Waals surface area (Å²) >= 11 is 0. The summed E-state index contributed by atoms with van der Waals surface area (Å²) < 4.78 is 41.8. The van der Waals surface area contributed by atoms with Gasteiger partial charge < -0.3 is 10.5 Å². The van der Waals surface area contributed by atoms with Crippen LogP contribution in [0.5, 0.6) is 5.75 Å². The molecule has 1 aromatic rings. The highest BCUT2D eigenvalue weighted by Crippen LogP contribution is 2.33. The summed E-state index contributed by atoms with van der Waals surface area (Å²) in [6.45, 7) is 0. The van der Waals surface area contributed by atoms with Crippen molar-refractivity contribution in [1.29, 1.82) is 0 Å². The van der Waals surface area contributed by atoms with Gasteiger partial charge in [-0.1, -0.05) is 0 Å². The number of nitrogens with two attached hydrogens (primary N) is 1. The summed E-state index contributed by atoms with van der Waals surface area (Å²) in [5.74, 6) is -1.47. The van der Waals surface area contributed by atoms with Crippen molar-refractivity contribution in [3.8, 4) is 5.75 Å². The van der Waals surface area contributed by atoms with Gasteiger partial charge in [-0.25, -0.2) is 0 Å². The predicted octanol–water partition coefficient (Wildman–Crippen LogP) is 1.21. The minimum absolute atomic E-state index is 0.246. The third kappa shape index (κ3) is 2.17. The fraction of sp³-hybridized carbons (Fsp3) is 0.250. The van der Waals surface area contributed by atoms with Crippen LogP contribution in [-0.2, 0) is 6.18 Å². The fourth-order valence-electron chi connectivity index (χ4n) is 1.07. The number of hydrogen-bond donors (Lipinski definition) is 1. The van der Waals surface area contributed by atoms with Crippen molar-refractivity contribution < 1.29 is 22.7 Å². The molecular formula is C8H7F3N2O2.